The summed E-state index contributed by atoms with van der Waals surface area (Å²) in [6, 6.07) is 15.0. The zero-order valence-corrected chi connectivity index (χ0v) is 15.2. The molecule has 0 spiro atoms. The van der Waals surface area contributed by atoms with Gasteiger partial charge in [-0.25, -0.2) is 0 Å². The van der Waals surface area contributed by atoms with Crippen LogP contribution in [0.1, 0.15) is 24.0 Å². The zero-order valence-electron chi connectivity index (χ0n) is 15.2. The van der Waals surface area contributed by atoms with E-state index in [-0.39, 0.29) is 22.4 Å². The molecule has 1 fully saturated rings. The Labute approximate surface area is 158 Å². The third-order valence-electron chi connectivity index (χ3n) is 5.71. The topological polar surface area (TPSA) is 66.7 Å². The number of benzene rings is 2. The number of hydrogen-bond acceptors (Lipinski definition) is 4. The second kappa shape index (κ2) is 7.39. The van der Waals surface area contributed by atoms with Gasteiger partial charge in [0.25, 0.3) is 5.69 Å². The summed E-state index contributed by atoms with van der Waals surface area (Å²) in [5, 5.41) is 10.8. The van der Waals surface area contributed by atoms with E-state index in [2.05, 4.69) is 23.1 Å². The molecule has 0 atom stereocenters. The molecule has 0 aliphatic carbocycles. The molecule has 0 radical (unpaired) electrons. The number of nitro groups is 1. The Morgan fingerprint density at radius 3 is 2.30 bits per heavy atom. The van der Waals surface area contributed by atoms with Gasteiger partial charge in [0, 0.05) is 49.9 Å². The highest BCUT2D eigenvalue weighted by molar-refractivity contribution is 5.79. The fourth-order valence-corrected chi connectivity index (χ4v) is 4.11. The van der Waals surface area contributed by atoms with Crippen molar-refractivity contribution in [2.24, 2.45) is 5.92 Å². The second-order valence-corrected chi connectivity index (χ2v) is 7.31. The molecule has 2 aliphatic heterocycles. The normalized spacial score (nSPS) is 17.5. The first-order valence-corrected chi connectivity index (χ1v) is 9.47. The van der Waals surface area contributed by atoms with E-state index in [1.165, 1.54) is 23.3 Å². The summed E-state index contributed by atoms with van der Waals surface area (Å²) < 4.78 is 0. The molecule has 2 aromatic carbocycles. The number of fused-ring (bicyclic) bond motifs is 1. The lowest BCUT2D eigenvalue weighted by Gasteiger charge is -2.37. The highest BCUT2D eigenvalue weighted by atomic mass is 16.6. The van der Waals surface area contributed by atoms with Crippen molar-refractivity contribution in [2.45, 2.75) is 25.8 Å². The van der Waals surface area contributed by atoms with E-state index < -0.39 is 0 Å². The van der Waals surface area contributed by atoms with E-state index in [4.69, 9.17) is 0 Å². The Bertz CT molecular complexity index is 842. The van der Waals surface area contributed by atoms with Crippen LogP contribution in [-0.4, -0.2) is 35.4 Å². The lowest BCUT2D eigenvalue weighted by Crippen LogP contribution is -2.44. The van der Waals surface area contributed by atoms with E-state index in [1.807, 2.05) is 11.0 Å². The van der Waals surface area contributed by atoms with Crippen LogP contribution in [0, 0.1) is 16.0 Å². The lowest BCUT2D eigenvalue weighted by atomic mass is 9.93. The van der Waals surface area contributed by atoms with E-state index in [9.17, 15) is 14.9 Å². The van der Waals surface area contributed by atoms with Crippen LogP contribution in [-0.2, 0) is 17.8 Å². The van der Waals surface area contributed by atoms with E-state index in [0.29, 0.717) is 0 Å². The molecule has 1 saturated heterocycles. The lowest BCUT2D eigenvalue weighted by molar-refractivity contribution is -0.384. The second-order valence-electron chi connectivity index (χ2n) is 7.31. The maximum absolute atomic E-state index is 13.0. The number of rotatable bonds is 3. The van der Waals surface area contributed by atoms with E-state index in [1.54, 1.807) is 12.1 Å². The third-order valence-corrected chi connectivity index (χ3v) is 5.71. The van der Waals surface area contributed by atoms with Gasteiger partial charge in [0.15, 0.2) is 0 Å². The number of nitrogens with zero attached hydrogens (tertiary/aromatic N) is 3. The van der Waals surface area contributed by atoms with Crippen LogP contribution in [0.5, 0.6) is 0 Å². The number of anilines is 1. The minimum atomic E-state index is -0.383. The first-order valence-electron chi connectivity index (χ1n) is 9.47. The predicted molar refractivity (Wildman–Crippen MR) is 104 cm³/mol. The molecule has 0 N–H and O–H groups in total. The Balaban J connectivity index is 1.35. The number of carbonyl (C=O) groups excluding carboxylic acids is 1. The van der Waals surface area contributed by atoms with Crippen LogP contribution < -0.4 is 4.90 Å². The summed E-state index contributed by atoms with van der Waals surface area (Å²) in [6.07, 6.45) is 2.59. The smallest absolute Gasteiger partial charge is 0.269 e. The molecule has 4 rings (SSSR count). The molecule has 27 heavy (non-hydrogen) atoms. The minimum absolute atomic E-state index is 0.0737. The number of non-ortho nitro benzene ring substituents is 1. The predicted octanol–water partition coefficient (Wildman–Crippen LogP) is 3.40. The fourth-order valence-electron chi connectivity index (χ4n) is 4.11. The highest BCUT2D eigenvalue weighted by Gasteiger charge is 2.30. The van der Waals surface area contributed by atoms with Gasteiger partial charge in [0.1, 0.15) is 0 Å². The van der Waals surface area contributed by atoms with Crippen LogP contribution >= 0.6 is 0 Å². The van der Waals surface area contributed by atoms with Gasteiger partial charge in [0.2, 0.25) is 5.91 Å². The van der Waals surface area contributed by atoms with Gasteiger partial charge in [-0.3, -0.25) is 14.9 Å². The summed E-state index contributed by atoms with van der Waals surface area (Å²) in [7, 11) is 0. The summed E-state index contributed by atoms with van der Waals surface area (Å²) >= 11 is 0. The molecule has 0 unspecified atom stereocenters. The van der Waals surface area contributed by atoms with Crippen molar-refractivity contribution in [3.63, 3.8) is 0 Å². The molecule has 6 heteroatoms. The third kappa shape index (κ3) is 3.65. The molecule has 0 saturated carbocycles. The number of hydrogen-bond donors (Lipinski definition) is 0. The Morgan fingerprint density at radius 1 is 0.963 bits per heavy atom. The Kier molecular flexibility index (Phi) is 4.79. The fraction of sp³-hybridized carbons (Fsp3) is 0.381. The minimum Gasteiger partial charge on any atom is -0.371 e. The van der Waals surface area contributed by atoms with Crippen LogP contribution in [0.4, 0.5) is 11.4 Å². The van der Waals surface area contributed by atoms with Crippen molar-refractivity contribution in [3.05, 3.63) is 69.8 Å². The number of piperidine rings is 1. The zero-order chi connectivity index (χ0) is 18.8. The van der Waals surface area contributed by atoms with Crippen molar-refractivity contribution in [3.8, 4) is 0 Å². The van der Waals surface area contributed by atoms with Gasteiger partial charge in [0.05, 0.1) is 4.92 Å². The molecule has 2 aromatic rings. The molecular weight excluding hydrogens is 342 g/mol. The monoisotopic (exact) mass is 365 g/mol. The average Bonchev–Trinajstić information content (AvgIpc) is 2.73. The quantitative estimate of drug-likeness (QED) is 0.618. The molecule has 0 bridgehead atoms. The van der Waals surface area contributed by atoms with Crippen molar-refractivity contribution in [1.29, 1.82) is 0 Å². The van der Waals surface area contributed by atoms with Gasteiger partial charge >= 0.3 is 0 Å². The van der Waals surface area contributed by atoms with Crippen molar-refractivity contribution < 1.29 is 9.72 Å². The number of amides is 1. The summed E-state index contributed by atoms with van der Waals surface area (Å²) in [5.74, 6) is 0.345. The van der Waals surface area contributed by atoms with Crippen LogP contribution in [0.15, 0.2) is 48.5 Å². The average molecular weight is 365 g/mol. The largest absolute Gasteiger partial charge is 0.371 e. The van der Waals surface area contributed by atoms with E-state index >= 15 is 0 Å². The first-order chi connectivity index (χ1) is 13.1. The molecule has 140 valence electrons. The Hall–Kier alpha value is -2.89. The maximum Gasteiger partial charge on any atom is 0.269 e. The van der Waals surface area contributed by atoms with Crippen LogP contribution in [0.2, 0.25) is 0 Å². The van der Waals surface area contributed by atoms with Gasteiger partial charge in [-0.15, -0.1) is 0 Å². The van der Waals surface area contributed by atoms with Crippen LogP contribution in [0.3, 0.4) is 0 Å². The molecular formula is C21H23N3O3. The summed E-state index contributed by atoms with van der Waals surface area (Å²) in [4.78, 5) is 27.6. The molecule has 1 amide bonds. The standard InChI is InChI=1S/C21H23N3O3/c25-21(23-14-9-16-3-1-2-4-18(16)15-23)17-10-12-22(13-11-17)19-5-7-20(8-6-19)24(26)27/h1-8,17H,9-15H2. The van der Waals surface area contributed by atoms with Gasteiger partial charge in [-0.1, -0.05) is 24.3 Å². The SMILES string of the molecule is O=C(C1CCN(c2ccc([N+](=O)[O-])cc2)CC1)N1CCc2ccccc2C1. The van der Waals surface area contributed by atoms with Crippen molar-refractivity contribution in [1.82, 2.24) is 4.90 Å². The molecule has 6 nitrogen and oxygen atoms in total. The number of nitro benzene ring substituents is 1. The van der Waals surface area contributed by atoms with Crippen molar-refractivity contribution in [2.75, 3.05) is 24.5 Å². The summed E-state index contributed by atoms with van der Waals surface area (Å²) in [5.41, 5.74) is 3.71. The van der Waals surface area contributed by atoms with Crippen molar-refractivity contribution >= 4 is 17.3 Å². The van der Waals surface area contributed by atoms with Gasteiger partial charge < -0.3 is 9.80 Å². The van der Waals surface area contributed by atoms with Crippen LogP contribution in [0.25, 0.3) is 0 Å². The molecule has 2 heterocycles. The maximum atomic E-state index is 13.0. The first kappa shape index (κ1) is 17.5. The van der Waals surface area contributed by atoms with Gasteiger partial charge in [-0.2, -0.15) is 0 Å². The molecule has 2 aliphatic rings. The number of carbonyl (C=O) groups is 1. The summed E-state index contributed by atoms with van der Waals surface area (Å²) in [6.45, 7) is 3.13. The molecule has 0 aromatic heterocycles. The highest BCUT2D eigenvalue weighted by Crippen LogP contribution is 2.28. The Morgan fingerprint density at radius 2 is 1.63 bits per heavy atom. The van der Waals surface area contributed by atoms with Gasteiger partial charge in [-0.05, 0) is 42.5 Å². The van der Waals surface area contributed by atoms with E-state index in [0.717, 1.165) is 51.1 Å².